The molecule has 3 aliphatic rings. The van der Waals surface area contributed by atoms with E-state index < -0.39 is 12.0 Å². The van der Waals surface area contributed by atoms with Gasteiger partial charge in [-0.3, -0.25) is 4.90 Å². The molecule has 3 atom stereocenters. The summed E-state index contributed by atoms with van der Waals surface area (Å²) < 4.78 is 33.9. The van der Waals surface area contributed by atoms with Crippen LogP contribution < -0.4 is 15.0 Å². The number of aromatic hydroxyl groups is 1. The number of phenolic OH excluding ortho intramolecular Hbond substituents is 1. The van der Waals surface area contributed by atoms with Crippen molar-refractivity contribution in [3.05, 3.63) is 54.3 Å². The molecule has 2 N–H and O–H groups in total. The summed E-state index contributed by atoms with van der Waals surface area (Å²) in [7, 11) is 1.45. The summed E-state index contributed by atoms with van der Waals surface area (Å²) in [6.07, 6.45) is 3.19. The van der Waals surface area contributed by atoms with Crippen LogP contribution >= 0.6 is 0 Å². The predicted molar refractivity (Wildman–Crippen MR) is 159 cm³/mol. The topological polar surface area (TPSA) is 97.5 Å². The summed E-state index contributed by atoms with van der Waals surface area (Å²) in [4.78, 5) is 13.2. The number of alkyl halides is 1. The Morgan fingerprint density at radius 2 is 1.95 bits per heavy atom. The van der Waals surface area contributed by atoms with Crippen molar-refractivity contribution >= 4 is 27.5 Å². The summed E-state index contributed by atoms with van der Waals surface area (Å²) >= 11 is 0. The summed E-state index contributed by atoms with van der Waals surface area (Å²) in [6, 6.07) is 17.1. The molecule has 3 saturated heterocycles. The molecular weight excluding hydrogens is 538 g/mol. The average Bonchev–Trinajstić information content (AvgIpc) is 3.58. The van der Waals surface area contributed by atoms with Gasteiger partial charge in [-0.1, -0.05) is 30.3 Å². The van der Waals surface area contributed by atoms with Crippen LogP contribution in [-0.4, -0.2) is 78.1 Å². The molecule has 7 rings (SSSR count). The minimum absolute atomic E-state index is 0.00235. The Morgan fingerprint density at radius 3 is 2.76 bits per heavy atom. The van der Waals surface area contributed by atoms with E-state index in [0.717, 1.165) is 23.7 Å². The molecule has 0 spiro atoms. The predicted octanol–water partition coefficient (Wildman–Crippen LogP) is 5.19. The number of piperazine rings is 1. The standard InChI is InChI=1S/C25H22FN5O2.C7H12FN/c1-33-25-29-23-20(24(30-25)31-11-10-28-16(14-31)8-9-27)7-6-19(22(23)26)21-13-17(32)12-15-4-2-3-5-18(15)21;8-6-4-7-2-1-3-9(7)5-6/h2-7,12-13,16,28,32H,8,10-11,14H2,1H3;6-7H,1-5H2. The molecule has 8 nitrogen and oxygen atoms in total. The molecule has 4 aromatic rings. The number of ether oxygens (including phenoxy) is 1. The molecule has 42 heavy (non-hydrogen) atoms. The van der Waals surface area contributed by atoms with Gasteiger partial charge in [0.15, 0.2) is 5.82 Å². The van der Waals surface area contributed by atoms with Gasteiger partial charge in [0.1, 0.15) is 23.3 Å². The first-order valence-corrected chi connectivity index (χ1v) is 14.4. The summed E-state index contributed by atoms with van der Waals surface area (Å²) in [5.41, 5.74) is 1.07. The van der Waals surface area contributed by atoms with Crippen molar-refractivity contribution in [3.8, 4) is 29.0 Å². The monoisotopic (exact) mass is 572 g/mol. The van der Waals surface area contributed by atoms with Crippen molar-refractivity contribution in [3.63, 3.8) is 0 Å². The van der Waals surface area contributed by atoms with E-state index in [1.807, 2.05) is 35.2 Å². The minimum Gasteiger partial charge on any atom is -0.508 e. The average molecular weight is 573 g/mol. The lowest BCUT2D eigenvalue weighted by Gasteiger charge is -2.34. The van der Waals surface area contributed by atoms with Gasteiger partial charge < -0.3 is 20.1 Å². The summed E-state index contributed by atoms with van der Waals surface area (Å²) in [6.45, 7) is 3.78. The molecule has 0 aliphatic carbocycles. The number of benzene rings is 3. The Kier molecular flexibility index (Phi) is 8.05. The van der Waals surface area contributed by atoms with Gasteiger partial charge >= 0.3 is 6.01 Å². The van der Waals surface area contributed by atoms with Crippen LogP contribution in [0.15, 0.2) is 48.5 Å². The Labute approximate surface area is 243 Å². The first-order chi connectivity index (χ1) is 20.4. The van der Waals surface area contributed by atoms with Crippen molar-refractivity contribution in [2.45, 2.75) is 43.9 Å². The fraction of sp³-hybridized carbons (Fsp3) is 0.406. The van der Waals surface area contributed by atoms with Gasteiger partial charge in [-0.05, 0) is 60.3 Å². The molecule has 0 amide bonds. The van der Waals surface area contributed by atoms with Gasteiger partial charge in [0.2, 0.25) is 0 Å². The highest BCUT2D eigenvalue weighted by molar-refractivity contribution is 6.01. The van der Waals surface area contributed by atoms with Crippen LogP contribution in [-0.2, 0) is 0 Å². The Morgan fingerprint density at radius 1 is 1.10 bits per heavy atom. The molecule has 3 aliphatic heterocycles. The molecule has 3 fully saturated rings. The number of halogens is 2. The van der Waals surface area contributed by atoms with Crippen LogP contribution in [0.2, 0.25) is 0 Å². The van der Waals surface area contributed by atoms with Crippen molar-refractivity contribution in [2.75, 3.05) is 44.7 Å². The Balaban J connectivity index is 0.000000296. The molecule has 10 heteroatoms. The number of fused-ring (bicyclic) bond motifs is 3. The highest BCUT2D eigenvalue weighted by atomic mass is 19.1. The van der Waals surface area contributed by atoms with Gasteiger partial charge in [0, 0.05) is 49.2 Å². The summed E-state index contributed by atoms with van der Waals surface area (Å²) in [5.74, 6) is 0.134. The number of nitrogens with zero attached hydrogens (tertiary/aromatic N) is 5. The van der Waals surface area contributed by atoms with E-state index in [9.17, 15) is 9.50 Å². The maximum Gasteiger partial charge on any atom is 0.318 e. The van der Waals surface area contributed by atoms with E-state index in [1.54, 1.807) is 18.2 Å². The van der Waals surface area contributed by atoms with E-state index in [2.05, 4.69) is 26.3 Å². The number of hydrogen-bond acceptors (Lipinski definition) is 8. The van der Waals surface area contributed by atoms with Crippen LogP contribution in [0.4, 0.5) is 14.6 Å². The van der Waals surface area contributed by atoms with Crippen LogP contribution in [0.5, 0.6) is 11.8 Å². The zero-order chi connectivity index (χ0) is 29.2. The molecule has 0 saturated carbocycles. The van der Waals surface area contributed by atoms with Crippen molar-refractivity contribution in [2.24, 2.45) is 0 Å². The van der Waals surface area contributed by atoms with E-state index in [1.165, 1.54) is 20.0 Å². The van der Waals surface area contributed by atoms with Crippen molar-refractivity contribution < 1.29 is 18.6 Å². The van der Waals surface area contributed by atoms with Gasteiger partial charge in [-0.15, -0.1) is 0 Å². The van der Waals surface area contributed by atoms with Crippen LogP contribution in [0, 0.1) is 17.1 Å². The molecule has 3 unspecified atom stereocenters. The molecular formula is C32H34F2N6O2. The fourth-order valence-electron chi connectivity index (χ4n) is 6.48. The quantitative estimate of drug-likeness (QED) is 0.345. The van der Waals surface area contributed by atoms with Gasteiger partial charge in [-0.25, -0.2) is 8.78 Å². The van der Waals surface area contributed by atoms with Gasteiger partial charge in [0.05, 0.1) is 19.6 Å². The number of aromatic nitrogens is 2. The second kappa shape index (κ2) is 12.0. The second-order valence-corrected chi connectivity index (χ2v) is 11.2. The Hall–Kier alpha value is -4.07. The smallest absolute Gasteiger partial charge is 0.318 e. The van der Waals surface area contributed by atoms with E-state index in [0.29, 0.717) is 61.0 Å². The minimum atomic E-state index is -0.518. The van der Waals surface area contributed by atoms with Crippen molar-refractivity contribution in [1.82, 2.24) is 20.2 Å². The number of nitriles is 1. The zero-order valence-electron chi connectivity index (χ0n) is 23.6. The fourth-order valence-corrected chi connectivity index (χ4v) is 6.48. The maximum absolute atomic E-state index is 16.0. The van der Waals surface area contributed by atoms with Crippen LogP contribution in [0.3, 0.4) is 0 Å². The van der Waals surface area contributed by atoms with Crippen molar-refractivity contribution in [1.29, 1.82) is 5.26 Å². The third-order valence-corrected chi connectivity index (χ3v) is 8.44. The highest BCUT2D eigenvalue weighted by Gasteiger charge is 2.34. The van der Waals surface area contributed by atoms with Gasteiger partial charge in [-0.2, -0.15) is 15.2 Å². The second-order valence-electron chi connectivity index (χ2n) is 11.2. The molecule has 218 valence electrons. The largest absolute Gasteiger partial charge is 0.508 e. The van der Waals surface area contributed by atoms with E-state index in [4.69, 9.17) is 10.00 Å². The van der Waals surface area contributed by atoms with Crippen LogP contribution in [0.25, 0.3) is 32.8 Å². The first kappa shape index (κ1) is 28.1. The van der Waals surface area contributed by atoms with Gasteiger partial charge in [0.25, 0.3) is 0 Å². The Bertz CT molecular complexity index is 1630. The molecule has 0 radical (unpaired) electrons. The van der Waals surface area contributed by atoms with E-state index in [-0.39, 0.29) is 23.3 Å². The molecule has 1 aromatic heterocycles. The molecule has 0 bridgehead atoms. The highest BCUT2D eigenvalue weighted by Crippen LogP contribution is 2.38. The summed E-state index contributed by atoms with van der Waals surface area (Å²) in [5, 5.41) is 24.9. The number of hydrogen-bond donors (Lipinski definition) is 2. The number of rotatable bonds is 4. The lowest BCUT2D eigenvalue weighted by atomic mass is 9.96. The lowest BCUT2D eigenvalue weighted by Crippen LogP contribution is -2.50. The normalized spacial score (nSPS) is 22.0. The zero-order valence-corrected chi connectivity index (χ0v) is 23.6. The first-order valence-electron chi connectivity index (χ1n) is 14.4. The number of methoxy groups -OCH3 is 1. The number of phenols is 1. The van der Waals surface area contributed by atoms with Crippen LogP contribution in [0.1, 0.15) is 25.7 Å². The number of anilines is 1. The SMILES string of the molecule is COc1nc(N2CCNC(CC#N)C2)c2ccc(-c3cc(O)cc4ccccc34)c(F)c2n1.FC1CC2CCCN2C1. The number of nitrogens with one attached hydrogen (secondary N) is 1. The molecule has 3 aromatic carbocycles. The molecule has 4 heterocycles. The maximum atomic E-state index is 16.0. The third kappa shape index (κ3) is 5.54. The third-order valence-electron chi connectivity index (χ3n) is 8.44. The lowest BCUT2D eigenvalue weighted by molar-refractivity contribution is 0.292. The van der Waals surface area contributed by atoms with E-state index >= 15 is 4.39 Å².